The van der Waals surface area contributed by atoms with Gasteiger partial charge in [-0.05, 0) is 43.5 Å². The van der Waals surface area contributed by atoms with Gasteiger partial charge in [0.2, 0.25) is 0 Å². The van der Waals surface area contributed by atoms with Crippen molar-refractivity contribution >= 4 is 11.6 Å². The molecule has 2 rings (SSSR count). The normalized spacial score (nSPS) is 20.8. The van der Waals surface area contributed by atoms with Crippen LogP contribution in [0.15, 0.2) is 18.2 Å². The van der Waals surface area contributed by atoms with Gasteiger partial charge in [-0.1, -0.05) is 17.7 Å². The lowest BCUT2D eigenvalue weighted by molar-refractivity contribution is -0.137. The number of rotatable bonds is 2. The fourth-order valence-corrected chi connectivity index (χ4v) is 2.44. The van der Waals surface area contributed by atoms with Gasteiger partial charge in [0, 0.05) is 6.04 Å². The zero-order valence-electron chi connectivity index (χ0n) is 9.15. The summed E-state index contributed by atoms with van der Waals surface area (Å²) in [5, 5.41) is 3.09. The summed E-state index contributed by atoms with van der Waals surface area (Å²) in [5.41, 5.74) is 0.0877. The van der Waals surface area contributed by atoms with Gasteiger partial charge >= 0.3 is 6.18 Å². The van der Waals surface area contributed by atoms with E-state index in [1.54, 1.807) is 0 Å². The highest BCUT2D eigenvalue weighted by Crippen LogP contribution is 2.35. The maximum atomic E-state index is 12.5. The molecule has 1 unspecified atom stereocenters. The molecule has 0 spiro atoms. The lowest BCUT2D eigenvalue weighted by Crippen LogP contribution is -2.23. The van der Waals surface area contributed by atoms with Crippen LogP contribution in [0, 0.1) is 0 Å². The molecule has 17 heavy (non-hydrogen) atoms. The quantitative estimate of drug-likeness (QED) is 0.859. The van der Waals surface area contributed by atoms with Crippen LogP contribution in [0.4, 0.5) is 13.2 Å². The van der Waals surface area contributed by atoms with Crippen LogP contribution in [-0.2, 0) is 12.6 Å². The highest BCUT2D eigenvalue weighted by Gasteiger charge is 2.33. The second kappa shape index (κ2) is 4.86. The van der Waals surface area contributed by atoms with Gasteiger partial charge in [0.1, 0.15) is 0 Å². The number of alkyl halides is 3. The summed E-state index contributed by atoms with van der Waals surface area (Å²) in [4.78, 5) is 0. The van der Waals surface area contributed by atoms with Crippen LogP contribution in [0.1, 0.15) is 24.0 Å². The Kier molecular flexibility index (Phi) is 3.64. The molecule has 0 amide bonds. The Morgan fingerprint density at radius 2 is 2.12 bits per heavy atom. The van der Waals surface area contributed by atoms with Crippen molar-refractivity contribution in [2.45, 2.75) is 31.5 Å². The van der Waals surface area contributed by atoms with Crippen molar-refractivity contribution in [2.75, 3.05) is 6.54 Å². The summed E-state index contributed by atoms with van der Waals surface area (Å²) < 4.78 is 37.5. The van der Waals surface area contributed by atoms with Gasteiger partial charge in [-0.25, -0.2) is 0 Å². The topological polar surface area (TPSA) is 12.0 Å². The zero-order chi connectivity index (χ0) is 12.5. The number of hydrogen-bond acceptors (Lipinski definition) is 1. The summed E-state index contributed by atoms with van der Waals surface area (Å²) in [6, 6.07) is 4.36. The molecule has 0 aromatic heterocycles. The minimum atomic E-state index is -4.37. The predicted octanol–water partition coefficient (Wildman–Crippen LogP) is 3.65. The summed E-state index contributed by atoms with van der Waals surface area (Å²) >= 11 is 5.66. The molecule has 1 heterocycles. The summed E-state index contributed by atoms with van der Waals surface area (Å²) in [5.74, 6) is 0. The predicted molar refractivity (Wildman–Crippen MR) is 61.2 cm³/mol. The van der Waals surface area contributed by atoms with Crippen LogP contribution in [0.25, 0.3) is 0 Å². The highest BCUT2D eigenvalue weighted by molar-refractivity contribution is 6.31. The summed E-state index contributed by atoms with van der Waals surface area (Å²) in [6.45, 7) is 0.985. The Bertz CT molecular complexity index is 397. The van der Waals surface area contributed by atoms with E-state index in [0.717, 1.165) is 37.4 Å². The van der Waals surface area contributed by atoms with Gasteiger partial charge in [0.15, 0.2) is 0 Å². The first-order valence-electron chi connectivity index (χ1n) is 5.56. The maximum absolute atomic E-state index is 12.5. The first-order valence-corrected chi connectivity index (χ1v) is 5.93. The fourth-order valence-electron chi connectivity index (χ4n) is 2.13. The minimum Gasteiger partial charge on any atom is -0.314 e. The van der Waals surface area contributed by atoms with Crippen LogP contribution in [-0.4, -0.2) is 12.6 Å². The Hall–Kier alpha value is -0.740. The van der Waals surface area contributed by atoms with Crippen molar-refractivity contribution in [1.82, 2.24) is 5.32 Å². The van der Waals surface area contributed by atoms with Gasteiger partial charge in [0.25, 0.3) is 0 Å². The van der Waals surface area contributed by atoms with Crippen LogP contribution in [0.5, 0.6) is 0 Å². The number of benzene rings is 1. The molecule has 1 atom stereocenters. The van der Waals surface area contributed by atoms with Crippen LogP contribution in [0.2, 0.25) is 5.02 Å². The molecule has 1 nitrogen and oxygen atoms in total. The molecule has 0 saturated carbocycles. The molecule has 1 aromatic carbocycles. The molecule has 5 heteroatoms. The van der Waals surface area contributed by atoms with E-state index in [0.29, 0.717) is 6.04 Å². The second-order valence-electron chi connectivity index (χ2n) is 4.31. The van der Waals surface area contributed by atoms with Gasteiger partial charge < -0.3 is 5.32 Å². The lowest BCUT2D eigenvalue weighted by Gasteiger charge is -2.13. The molecule has 1 aliphatic rings. The molecule has 0 bridgehead atoms. The Morgan fingerprint density at radius 1 is 1.35 bits per heavy atom. The Balaban J connectivity index is 2.13. The second-order valence-corrected chi connectivity index (χ2v) is 4.72. The SMILES string of the molecule is FC(F)(F)c1ccc(CC2CCCN2)cc1Cl. The lowest BCUT2D eigenvalue weighted by atomic mass is 10.0. The van der Waals surface area contributed by atoms with E-state index in [1.807, 2.05) is 0 Å². The van der Waals surface area contributed by atoms with Gasteiger partial charge in [0.05, 0.1) is 10.6 Å². The van der Waals surface area contributed by atoms with E-state index in [4.69, 9.17) is 11.6 Å². The molecule has 1 N–H and O–H groups in total. The summed E-state index contributed by atoms with van der Waals surface area (Å²) in [6.07, 6.45) is -1.45. The van der Waals surface area contributed by atoms with E-state index in [2.05, 4.69) is 5.32 Å². The number of nitrogens with one attached hydrogen (secondary N) is 1. The van der Waals surface area contributed by atoms with E-state index in [-0.39, 0.29) is 5.02 Å². The van der Waals surface area contributed by atoms with Gasteiger partial charge in [-0.15, -0.1) is 0 Å². The van der Waals surface area contributed by atoms with Crippen LogP contribution >= 0.6 is 11.6 Å². The third kappa shape index (κ3) is 3.13. The van der Waals surface area contributed by atoms with E-state index >= 15 is 0 Å². The molecule has 0 aliphatic carbocycles. The third-order valence-corrected chi connectivity index (χ3v) is 3.30. The smallest absolute Gasteiger partial charge is 0.314 e. The standard InChI is InChI=1S/C12H13ClF3N/c13-11-7-8(6-9-2-1-5-17-9)3-4-10(11)12(14,15)16/h3-4,7,9,17H,1-2,5-6H2. The van der Waals surface area contributed by atoms with Crippen molar-refractivity contribution in [2.24, 2.45) is 0 Å². The molecular formula is C12H13ClF3N. The Labute approximate surface area is 103 Å². The molecule has 0 radical (unpaired) electrons. The number of hydrogen-bond donors (Lipinski definition) is 1. The van der Waals surface area contributed by atoms with Crippen molar-refractivity contribution in [3.8, 4) is 0 Å². The average Bonchev–Trinajstić information content (AvgIpc) is 2.68. The molecule has 1 fully saturated rings. The van der Waals surface area contributed by atoms with Crippen molar-refractivity contribution in [1.29, 1.82) is 0 Å². The molecule has 1 saturated heterocycles. The van der Waals surface area contributed by atoms with Crippen LogP contribution in [0.3, 0.4) is 0 Å². The minimum absolute atomic E-state index is 0.215. The van der Waals surface area contributed by atoms with Crippen molar-refractivity contribution in [3.05, 3.63) is 34.3 Å². The number of halogens is 4. The third-order valence-electron chi connectivity index (χ3n) is 2.98. The van der Waals surface area contributed by atoms with E-state index in [9.17, 15) is 13.2 Å². The fraction of sp³-hybridized carbons (Fsp3) is 0.500. The molecule has 1 aliphatic heterocycles. The van der Waals surface area contributed by atoms with Gasteiger partial charge in [-0.3, -0.25) is 0 Å². The van der Waals surface area contributed by atoms with Gasteiger partial charge in [-0.2, -0.15) is 13.2 Å². The largest absolute Gasteiger partial charge is 0.417 e. The zero-order valence-corrected chi connectivity index (χ0v) is 9.91. The van der Waals surface area contributed by atoms with E-state index < -0.39 is 11.7 Å². The molecule has 1 aromatic rings. The average molecular weight is 264 g/mol. The first-order chi connectivity index (χ1) is 7.97. The van der Waals surface area contributed by atoms with Crippen LogP contribution < -0.4 is 5.32 Å². The van der Waals surface area contributed by atoms with E-state index in [1.165, 1.54) is 12.1 Å². The molecular weight excluding hydrogens is 251 g/mol. The van der Waals surface area contributed by atoms with Crippen molar-refractivity contribution in [3.63, 3.8) is 0 Å². The monoisotopic (exact) mass is 263 g/mol. The first kappa shape index (κ1) is 12.7. The molecule has 94 valence electrons. The highest BCUT2D eigenvalue weighted by atomic mass is 35.5. The van der Waals surface area contributed by atoms with Crippen molar-refractivity contribution < 1.29 is 13.2 Å². The summed E-state index contributed by atoms with van der Waals surface area (Å²) in [7, 11) is 0. The maximum Gasteiger partial charge on any atom is 0.417 e. The Morgan fingerprint density at radius 3 is 2.65 bits per heavy atom.